The SMILES string of the molecule is Cc1ccc2c(c1)CC(=S)N2C(C)C. The van der Waals surface area contributed by atoms with Crippen molar-refractivity contribution in [2.45, 2.75) is 33.2 Å². The third-order valence-electron chi connectivity index (χ3n) is 2.62. The van der Waals surface area contributed by atoms with E-state index >= 15 is 0 Å². The lowest BCUT2D eigenvalue weighted by atomic mass is 10.1. The van der Waals surface area contributed by atoms with E-state index in [0.717, 1.165) is 11.4 Å². The van der Waals surface area contributed by atoms with Crippen LogP contribution in [0, 0.1) is 6.92 Å². The third kappa shape index (κ3) is 1.44. The first-order valence-electron chi connectivity index (χ1n) is 5.01. The van der Waals surface area contributed by atoms with Gasteiger partial charge < -0.3 is 4.90 Å². The van der Waals surface area contributed by atoms with Gasteiger partial charge in [-0.2, -0.15) is 0 Å². The molecule has 0 bridgehead atoms. The van der Waals surface area contributed by atoms with Crippen LogP contribution in [-0.4, -0.2) is 11.0 Å². The fraction of sp³-hybridized carbons (Fsp3) is 0.417. The molecule has 0 saturated carbocycles. The Kier molecular flexibility index (Phi) is 2.31. The van der Waals surface area contributed by atoms with Crippen molar-refractivity contribution in [3.05, 3.63) is 29.3 Å². The van der Waals surface area contributed by atoms with Crippen molar-refractivity contribution in [3.63, 3.8) is 0 Å². The summed E-state index contributed by atoms with van der Waals surface area (Å²) in [5.74, 6) is 0. The molecule has 0 unspecified atom stereocenters. The minimum absolute atomic E-state index is 0.464. The van der Waals surface area contributed by atoms with E-state index in [4.69, 9.17) is 12.2 Å². The highest BCUT2D eigenvalue weighted by atomic mass is 32.1. The summed E-state index contributed by atoms with van der Waals surface area (Å²) in [6.07, 6.45) is 0.935. The maximum Gasteiger partial charge on any atom is 0.0871 e. The van der Waals surface area contributed by atoms with Gasteiger partial charge in [0.1, 0.15) is 0 Å². The van der Waals surface area contributed by atoms with Crippen LogP contribution in [0.3, 0.4) is 0 Å². The molecule has 0 saturated heterocycles. The fourth-order valence-electron chi connectivity index (χ4n) is 2.04. The van der Waals surface area contributed by atoms with E-state index in [1.54, 1.807) is 0 Å². The van der Waals surface area contributed by atoms with Gasteiger partial charge in [0.15, 0.2) is 0 Å². The van der Waals surface area contributed by atoms with Gasteiger partial charge in [0, 0.05) is 18.2 Å². The van der Waals surface area contributed by atoms with Crippen molar-refractivity contribution in [1.82, 2.24) is 0 Å². The monoisotopic (exact) mass is 205 g/mol. The Morgan fingerprint density at radius 1 is 1.36 bits per heavy atom. The van der Waals surface area contributed by atoms with Crippen molar-refractivity contribution in [1.29, 1.82) is 0 Å². The van der Waals surface area contributed by atoms with E-state index < -0.39 is 0 Å². The molecule has 14 heavy (non-hydrogen) atoms. The topological polar surface area (TPSA) is 3.24 Å². The number of anilines is 1. The van der Waals surface area contributed by atoms with E-state index in [2.05, 4.69) is 43.9 Å². The lowest BCUT2D eigenvalue weighted by molar-refractivity contribution is 0.817. The molecular weight excluding hydrogens is 190 g/mol. The molecule has 2 rings (SSSR count). The molecule has 0 atom stereocenters. The van der Waals surface area contributed by atoms with Crippen molar-refractivity contribution in [2.24, 2.45) is 0 Å². The molecule has 74 valence electrons. The average Bonchev–Trinajstić information content (AvgIpc) is 2.39. The summed E-state index contributed by atoms with van der Waals surface area (Å²) in [6.45, 7) is 6.49. The van der Waals surface area contributed by atoms with Crippen molar-refractivity contribution in [2.75, 3.05) is 4.90 Å². The molecule has 1 aromatic carbocycles. The molecule has 2 heteroatoms. The maximum absolute atomic E-state index is 5.39. The molecule has 0 aromatic heterocycles. The molecule has 1 nitrogen and oxygen atoms in total. The summed E-state index contributed by atoms with van der Waals surface area (Å²) in [5, 5.41) is 0. The highest BCUT2D eigenvalue weighted by Gasteiger charge is 2.25. The Hall–Kier alpha value is -0.890. The van der Waals surface area contributed by atoms with E-state index in [-0.39, 0.29) is 0 Å². The lowest BCUT2D eigenvalue weighted by Crippen LogP contribution is -2.32. The standard InChI is InChI=1S/C12H15NS/c1-8(2)13-11-5-4-9(3)6-10(11)7-12(13)14/h4-6,8H,7H2,1-3H3. The number of hydrogen-bond donors (Lipinski definition) is 0. The lowest BCUT2D eigenvalue weighted by Gasteiger charge is -2.24. The molecule has 0 aliphatic carbocycles. The minimum Gasteiger partial charge on any atom is -0.333 e. The van der Waals surface area contributed by atoms with Gasteiger partial charge in [-0.05, 0) is 32.4 Å². The number of benzene rings is 1. The van der Waals surface area contributed by atoms with Crippen molar-refractivity contribution >= 4 is 22.9 Å². The zero-order valence-electron chi connectivity index (χ0n) is 8.87. The van der Waals surface area contributed by atoms with Crippen molar-refractivity contribution < 1.29 is 0 Å². The van der Waals surface area contributed by atoms with Gasteiger partial charge in [-0.15, -0.1) is 0 Å². The number of aryl methyl sites for hydroxylation is 1. The summed E-state index contributed by atoms with van der Waals surface area (Å²) in [7, 11) is 0. The zero-order valence-corrected chi connectivity index (χ0v) is 9.69. The molecule has 0 N–H and O–H groups in total. The minimum atomic E-state index is 0.464. The van der Waals surface area contributed by atoms with Gasteiger partial charge in [0.25, 0.3) is 0 Å². The van der Waals surface area contributed by atoms with Crippen LogP contribution < -0.4 is 4.90 Å². The summed E-state index contributed by atoms with van der Waals surface area (Å²) in [4.78, 5) is 3.31. The quantitative estimate of drug-likeness (QED) is 0.648. The molecule has 1 aliphatic heterocycles. The summed E-state index contributed by atoms with van der Waals surface area (Å²) < 4.78 is 0. The Bertz CT molecular complexity index is 382. The van der Waals surface area contributed by atoms with Gasteiger partial charge >= 0.3 is 0 Å². The van der Waals surface area contributed by atoms with Crippen LogP contribution in [0.1, 0.15) is 25.0 Å². The number of nitrogens with zero attached hydrogens (tertiary/aromatic N) is 1. The molecule has 1 heterocycles. The number of thiocarbonyl (C=S) groups is 1. The van der Waals surface area contributed by atoms with Crippen molar-refractivity contribution in [3.8, 4) is 0 Å². The van der Waals surface area contributed by atoms with Gasteiger partial charge in [-0.3, -0.25) is 0 Å². The predicted octanol–water partition coefficient (Wildman–Crippen LogP) is 3.09. The first-order valence-corrected chi connectivity index (χ1v) is 5.42. The average molecular weight is 205 g/mol. The van der Waals surface area contributed by atoms with Gasteiger partial charge in [-0.25, -0.2) is 0 Å². The Balaban J connectivity index is 2.48. The predicted molar refractivity (Wildman–Crippen MR) is 65.1 cm³/mol. The molecule has 1 aromatic rings. The second kappa shape index (κ2) is 3.35. The summed E-state index contributed by atoms with van der Waals surface area (Å²) >= 11 is 5.39. The van der Waals surface area contributed by atoms with E-state index in [9.17, 15) is 0 Å². The highest BCUT2D eigenvalue weighted by molar-refractivity contribution is 7.80. The maximum atomic E-state index is 5.39. The molecule has 0 spiro atoms. The van der Waals surface area contributed by atoms with Gasteiger partial charge in [-0.1, -0.05) is 29.9 Å². The van der Waals surface area contributed by atoms with Crippen LogP contribution >= 0.6 is 12.2 Å². The summed E-state index contributed by atoms with van der Waals surface area (Å²) in [5.41, 5.74) is 4.00. The van der Waals surface area contributed by atoms with Crippen LogP contribution in [-0.2, 0) is 6.42 Å². The highest BCUT2D eigenvalue weighted by Crippen LogP contribution is 2.31. The fourth-order valence-corrected chi connectivity index (χ4v) is 2.50. The number of hydrogen-bond acceptors (Lipinski definition) is 1. The zero-order chi connectivity index (χ0) is 10.3. The van der Waals surface area contributed by atoms with Crippen LogP contribution in [0.4, 0.5) is 5.69 Å². The van der Waals surface area contributed by atoms with Gasteiger partial charge in [0.2, 0.25) is 0 Å². The Morgan fingerprint density at radius 3 is 2.71 bits per heavy atom. The molecule has 0 fully saturated rings. The van der Waals surface area contributed by atoms with Crippen LogP contribution in [0.5, 0.6) is 0 Å². The molecule has 0 radical (unpaired) electrons. The van der Waals surface area contributed by atoms with E-state index in [1.165, 1.54) is 16.8 Å². The second-order valence-electron chi connectivity index (χ2n) is 4.17. The normalized spacial score (nSPS) is 15.1. The number of fused-ring (bicyclic) bond motifs is 1. The molecule has 1 aliphatic rings. The Morgan fingerprint density at radius 2 is 2.07 bits per heavy atom. The molecule has 0 amide bonds. The van der Waals surface area contributed by atoms with E-state index in [0.29, 0.717) is 6.04 Å². The first-order chi connectivity index (χ1) is 6.59. The smallest absolute Gasteiger partial charge is 0.0871 e. The summed E-state index contributed by atoms with van der Waals surface area (Å²) in [6, 6.07) is 7.04. The second-order valence-corrected chi connectivity index (χ2v) is 4.64. The third-order valence-corrected chi connectivity index (χ3v) is 2.96. The van der Waals surface area contributed by atoms with Crippen LogP contribution in [0.15, 0.2) is 18.2 Å². The number of rotatable bonds is 1. The van der Waals surface area contributed by atoms with Gasteiger partial charge in [0.05, 0.1) is 4.99 Å². The Labute approximate surface area is 90.7 Å². The largest absolute Gasteiger partial charge is 0.333 e. The van der Waals surface area contributed by atoms with Crippen LogP contribution in [0.2, 0.25) is 0 Å². The van der Waals surface area contributed by atoms with Crippen LogP contribution in [0.25, 0.3) is 0 Å². The first kappa shape index (κ1) is 9.66. The molecular formula is C12H15NS. The van der Waals surface area contributed by atoms with E-state index in [1.807, 2.05) is 0 Å².